The molecule has 0 heterocycles. The predicted octanol–water partition coefficient (Wildman–Crippen LogP) is 4.02. The molecule has 4 nitrogen and oxygen atoms in total. The second-order valence-corrected chi connectivity index (χ2v) is 8.93. The number of hydrogen-bond donors (Lipinski definition) is 2. The molecular formula is C22H31NO3. The second kappa shape index (κ2) is 6.71. The molecule has 1 amide bonds. The topological polar surface area (TPSA) is 66.4 Å². The molecular weight excluding hydrogens is 326 g/mol. The first-order valence-electron chi connectivity index (χ1n) is 9.82. The van der Waals surface area contributed by atoms with Gasteiger partial charge in [-0.3, -0.25) is 9.59 Å². The van der Waals surface area contributed by atoms with Crippen molar-refractivity contribution in [3.8, 4) is 0 Å². The number of aliphatic carboxylic acids is 1. The van der Waals surface area contributed by atoms with Crippen molar-refractivity contribution >= 4 is 11.9 Å². The highest BCUT2D eigenvalue weighted by atomic mass is 16.4. The predicted molar refractivity (Wildman–Crippen MR) is 102 cm³/mol. The molecule has 2 N–H and O–H groups in total. The highest BCUT2D eigenvalue weighted by Gasteiger charge is 2.54. The van der Waals surface area contributed by atoms with Crippen LogP contribution in [-0.2, 0) is 21.4 Å². The summed E-state index contributed by atoms with van der Waals surface area (Å²) in [6.45, 7) is 8.50. The highest BCUT2D eigenvalue weighted by Crippen LogP contribution is 2.57. The quantitative estimate of drug-likeness (QED) is 0.855. The number of benzene rings is 1. The lowest BCUT2D eigenvalue weighted by Gasteiger charge is -2.54. The first kappa shape index (κ1) is 18.9. The van der Waals surface area contributed by atoms with Gasteiger partial charge in [0.1, 0.15) is 6.54 Å². The van der Waals surface area contributed by atoms with Gasteiger partial charge in [0.25, 0.3) is 0 Å². The van der Waals surface area contributed by atoms with Crippen LogP contribution < -0.4 is 5.32 Å². The summed E-state index contributed by atoms with van der Waals surface area (Å²) in [6.07, 6.45) is 4.90. The van der Waals surface area contributed by atoms with E-state index in [0.717, 1.165) is 32.1 Å². The van der Waals surface area contributed by atoms with Crippen LogP contribution in [0.1, 0.15) is 76.0 Å². The van der Waals surface area contributed by atoms with E-state index < -0.39 is 11.4 Å². The molecule has 2 aliphatic carbocycles. The van der Waals surface area contributed by atoms with Gasteiger partial charge < -0.3 is 10.4 Å². The number of carbonyl (C=O) groups excluding carboxylic acids is 1. The maximum atomic E-state index is 12.9. The van der Waals surface area contributed by atoms with E-state index in [1.807, 2.05) is 6.92 Å². The summed E-state index contributed by atoms with van der Waals surface area (Å²) in [7, 11) is 0. The second-order valence-electron chi connectivity index (χ2n) is 8.93. The minimum atomic E-state index is -0.990. The van der Waals surface area contributed by atoms with E-state index in [9.17, 15) is 9.59 Å². The highest BCUT2D eigenvalue weighted by molar-refractivity contribution is 5.86. The van der Waals surface area contributed by atoms with Crippen LogP contribution >= 0.6 is 0 Å². The Hall–Kier alpha value is -1.84. The van der Waals surface area contributed by atoms with E-state index in [0.29, 0.717) is 5.92 Å². The van der Waals surface area contributed by atoms with E-state index in [2.05, 4.69) is 44.3 Å². The molecule has 26 heavy (non-hydrogen) atoms. The van der Waals surface area contributed by atoms with Gasteiger partial charge >= 0.3 is 5.97 Å². The van der Waals surface area contributed by atoms with Crippen molar-refractivity contribution in [2.45, 2.75) is 71.1 Å². The minimum absolute atomic E-state index is 0.0172. The van der Waals surface area contributed by atoms with E-state index >= 15 is 0 Å². The van der Waals surface area contributed by atoms with Crippen molar-refractivity contribution in [3.63, 3.8) is 0 Å². The third-order valence-electron chi connectivity index (χ3n) is 6.96. The van der Waals surface area contributed by atoms with E-state index in [1.165, 1.54) is 16.7 Å². The van der Waals surface area contributed by atoms with Gasteiger partial charge in [-0.15, -0.1) is 0 Å². The molecule has 0 bridgehead atoms. The number of nitrogens with one attached hydrogen (secondary N) is 1. The Morgan fingerprint density at radius 2 is 2.00 bits per heavy atom. The summed E-state index contributed by atoms with van der Waals surface area (Å²) in [5, 5.41) is 11.6. The van der Waals surface area contributed by atoms with Crippen LogP contribution in [0.25, 0.3) is 0 Å². The van der Waals surface area contributed by atoms with E-state index in [4.69, 9.17) is 5.11 Å². The Morgan fingerprint density at radius 3 is 2.65 bits per heavy atom. The number of carboxylic acids is 1. The van der Waals surface area contributed by atoms with Crippen molar-refractivity contribution in [3.05, 3.63) is 34.9 Å². The molecule has 142 valence electrons. The van der Waals surface area contributed by atoms with Crippen molar-refractivity contribution < 1.29 is 14.7 Å². The number of rotatable bonds is 4. The zero-order valence-electron chi connectivity index (χ0n) is 16.4. The fourth-order valence-corrected chi connectivity index (χ4v) is 5.50. The van der Waals surface area contributed by atoms with Crippen LogP contribution in [0.15, 0.2) is 18.2 Å². The standard InChI is InChI=1S/C22H31NO3/c1-14(2)15-6-8-17-16(12-15)7-9-18-21(17,3)10-5-11-22(18,4)20(26)23-13-19(24)25/h6,8,12,14,18H,5,7,9-11,13H2,1-4H3,(H,23,26)(H,24,25)/t18-,21-,22-/m1/s1. The van der Waals surface area contributed by atoms with Gasteiger partial charge in [0.15, 0.2) is 0 Å². The third kappa shape index (κ3) is 3.04. The zero-order valence-corrected chi connectivity index (χ0v) is 16.4. The van der Waals surface area contributed by atoms with Gasteiger partial charge in [-0.2, -0.15) is 0 Å². The number of carboxylic acid groups (broad SMARTS) is 1. The smallest absolute Gasteiger partial charge is 0.322 e. The van der Waals surface area contributed by atoms with E-state index in [1.54, 1.807) is 0 Å². The summed E-state index contributed by atoms with van der Waals surface area (Å²) < 4.78 is 0. The maximum Gasteiger partial charge on any atom is 0.322 e. The summed E-state index contributed by atoms with van der Waals surface area (Å²) >= 11 is 0. The number of hydrogen-bond acceptors (Lipinski definition) is 2. The maximum absolute atomic E-state index is 12.9. The molecule has 4 heteroatoms. The Morgan fingerprint density at radius 1 is 1.27 bits per heavy atom. The van der Waals surface area contributed by atoms with Crippen LogP contribution in [0.4, 0.5) is 0 Å². The fourth-order valence-electron chi connectivity index (χ4n) is 5.50. The third-order valence-corrected chi connectivity index (χ3v) is 6.96. The molecule has 0 radical (unpaired) electrons. The van der Waals surface area contributed by atoms with Gasteiger partial charge in [-0.1, -0.05) is 52.3 Å². The first-order valence-corrected chi connectivity index (χ1v) is 9.82. The molecule has 3 rings (SSSR count). The zero-order chi connectivity index (χ0) is 19.1. The molecule has 1 fully saturated rings. The molecule has 0 aliphatic heterocycles. The number of fused-ring (bicyclic) bond motifs is 3. The monoisotopic (exact) mass is 357 g/mol. The van der Waals surface area contributed by atoms with Crippen molar-refractivity contribution in [1.29, 1.82) is 0 Å². The molecule has 2 aliphatic rings. The van der Waals surface area contributed by atoms with Crippen molar-refractivity contribution in [2.24, 2.45) is 11.3 Å². The van der Waals surface area contributed by atoms with Crippen molar-refractivity contribution in [2.75, 3.05) is 6.54 Å². The largest absolute Gasteiger partial charge is 0.480 e. The Bertz CT molecular complexity index is 726. The normalized spacial score (nSPS) is 30.4. The van der Waals surface area contributed by atoms with Crippen molar-refractivity contribution in [1.82, 2.24) is 5.32 Å². The molecule has 0 aromatic heterocycles. The van der Waals surface area contributed by atoms with Crippen LogP contribution in [0.5, 0.6) is 0 Å². The van der Waals surface area contributed by atoms with Crippen LogP contribution in [0.3, 0.4) is 0 Å². The summed E-state index contributed by atoms with van der Waals surface area (Å²) in [5.74, 6) is -0.326. The average Bonchev–Trinajstić information content (AvgIpc) is 2.58. The molecule has 1 saturated carbocycles. The summed E-state index contributed by atoms with van der Waals surface area (Å²) in [4.78, 5) is 23.8. The summed E-state index contributed by atoms with van der Waals surface area (Å²) in [5.41, 5.74) is 3.69. The number of carbonyl (C=O) groups is 2. The van der Waals surface area contributed by atoms with Gasteiger partial charge in [0.2, 0.25) is 5.91 Å². The summed E-state index contributed by atoms with van der Waals surface area (Å²) in [6, 6.07) is 6.89. The van der Waals surface area contributed by atoms with Gasteiger partial charge in [-0.05, 0) is 59.6 Å². The van der Waals surface area contributed by atoms with Gasteiger partial charge in [0, 0.05) is 0 Å². The Kier molecular flexibility index (Phi) is 4.89. The van der Waals surface area contributed by atoms with Crippen LogP contribution in [0, 0.1) is 11.3 Å². The SMILES string of the molecule is CC(C)c1ccc2c(c1)CC[C@H]1[C@](C)(C(=O)NCC(=O)O)CCC[C@]21C. The van der Waals surface area contributed by atoms with Crippen LogP contribution in [0.2, 0.25) is 0 Å². The lowest BCUT2D eigenvalue weighted by molar-refractivity contribution is -0.143. The minimum Gasteiger partial charge on any atom is -0.480 e. The Labute approximate surface area is 156 Å². The fraction of sp³-hybridized carbons (Fsp3) is 0.636. The lowest BCUT2D eigenvalue weighted by atomic mass is 9.49. The number of aryl methyl sites for hydroxylation is 1. The van der Waals surface area contributed by atoms with Crippen LogP contribution in [-0.4, -0.2) is 23.5 Å². The van der Waals surface area contributed by atoms with Gasteiger partial charge in [0.05, 0.1) is 5.41 Å². The molecule has 1 aromatic rings. The molecule has 0 unspecified atom stereocenters. The lowest BCUT2D eigenvalue weighted by Crippen LogP contribution is -2.55. The van der Waals surface area contributed by atoms with Gasteiger partial charge in [-0.25, -0.2) is 0 Å². The molecule has 1 aromatic carbocycles. The molecule has 0 saturated heterocycles. The average molecular weight is 357 g/mol. The Balaban J connectivity index is 1.95. The molecule has 3 atom stereocenters. The van der Waals surface area contributed by atoms with E-state index in [-0.39, 0.29) is 23.8 Å². The first-order chi connectivity index (χ1) is 12.2. The molecule has 0 spiro atoms. The number of amides is 1.